The number of unbranched alkanes of at least 4 members (excludes halogenated alkanes) is 8. The molecular weight excluding hydrogens is 732 g/mol. The molecule has 0 fully saturated rings. The van der Waals surface area contributed by atoms with Crippen LogP contribution in [0.2, 0.25) is 0 Å². The number of benzene rings is 1. The zero-order valence-corrected chi connectivity index (χ0v) is 32.9. The molecule has 318 valence electrons. The highest BCUT2D eigenvalue weighted by Crippen LogP contribution is 2.14. The van der Waals surface area contributed by atoms with E-state index in [0.29, 0.717) is 45.1 Å². The molecule has 56 heavy (non-hydrogen) atoms. The molecule has 0 aliphatic heterocycles. The highest BCUT2D eigenvalue weighted by atomic mass is 16.5. The van der Waals surface area contributed by atoms with Gasteiger partial charge in [-0.15, -0.1) is 0 Å². The van der Waals surface area contributed by atoms with Crippen molar-refractivity contribution in [1.29, 1.82) is 0 Å². The Hall–Kier alpha value is -4.32. The van der Waals surface area contributed by atoms with Crippen LogP contribution in [-0.2, 0) is 42.9 Å². The van der Waals surface area contributed by atoms with Crippen molar-refractivity contribution in [2.75, 3.05) is 79.1 Å². The zero-order chi connectivity index (χ0) is 41.1. The minimum atomic E-state index is -1.19. The van der Waals surface area contributed by atoms with Gasteiger partial charge in [-0.1, -0.05) is 51.9 Å². The van der Waals surface area contributed by atoms with E-state index in [9.17, 15) is 33.9 Å². The molecule has 0 saturated carbocycles. The van der Waals surface area contributed by atoms with Crippen LogP contribution in [0.1, 0.15) is 101 Å². The summed E-state index contributed by atoms with van der Waals surface area (Å²) in [6, 6.07) is 5.23. The fourth-order valence-electron chi connectivity index (χ4n) is 5.06. The SMILES string of the molecule is CCCNC(=O)COCCOCCNC(=O)COCCOCCNC(=O)CC[C@H](NC(=O)CCCCCCCCCCCOc1ccc(C(=O)O)cc1)C(=O)O. The molecule has 17 heteroatoms. The molecule has 0 unspecified atom stereocenters. The Kier molecular flexibility index (Phi) is 30.1. The number of ether oxygens (including phenoxy) is 5. The lowest BCUT2D eigenvalue weighted by molar-refractivity contribution is -0.142. The minimum Gasteiger partial charge on any atom is -0.494 e. The lowest BCUT2D eigenvalue weighted by Gasteiger charge is -2.14. The van der Waals surface area contributed by atoms with E-state index in [1.807, 2.05) is 6.92 Å². The quantitative estimate of drug-likeness (QED) is 0.0532. The summed E-state index contributed by atoms with van der Waals surface area (Å²) < 4.78 is 26.8. The van der Waals surface area contributed by atoms with Crippen molar-refractivity contribution in [2.45, 2.75) is 96.4 Å². The maximum absolute atomic E-state index is 12.3. The van der Waals surface area contributed by atoms with E-state index >= 15 is 0 Å². The molecular formula is C39H64N4O13. The molecule has 0 aliphatic carbocycles. The second-order valence-corrected chi connectivity index (χ2v) is 13.0. The highest BCUT2D eigenvalue weighted by molar-refractivity contribution is 5.87. The van der Waals surface area contributed by atoms with Crippen LogP contribution in [-0.4, -0.2) is 131 Å². The fourth-order valence-corrected chi connectivity index (χ4v) is 5.06. The average Bonchev–Trinajstić information content (AvgIpc) is 3.18. The number of aromatic carboxylic acids is 1. The third kappa shape index (κ3) is 29.0. The fraction of sp³-hybridized carbons (Fsp3) is 0.692. The van der Waals surface area contributed by atoms with Crippen LogP contribution in [0, 0.1) is 0 Å². The maximum Gasteiger partial charge on any atom is 0.335 e. The van der Waals surface area contributed by atoms with Gasteiger partial charge in [0.05, 0.1) is 51.8 Å². The molecule has 0 saturated heterocycles. The van der Waals surface area contributed by atoms with Crippen molar-refractivity contribution in [3.63, 3.8) is 0 Å². The van der Waals surface area contributed by atoms with Crippen molar-refractivity contribution in [3.8, 4) is 5.75 Å². The lowest BCUT2D eigenvalue weighted by atomic mass is 10.1. The molecule has 0 spiro atoms. The monoisotopic (exact) mass is 796 g/mol. The number of carboxylic acids is 2. The molecule has 0 aromatic heterocycles. The first-order valence-corrected chi connectivity index (χ1v) is 19.7. The van der Waals surface area contributed by atoms with Crippen LogP contribution >= 0.6 is 0 Å². The molecule has 0 bridgehead atoms. The van der Waals surface area contributed by atoms with Crippen LogP contribution in [0.3, 0.4) is 0 Å². The number of aliphatic carboxylic acids is 1. The van der Waals surface area contributed by atoms with Crippen molar-refractivity contribution < 1.29 is 62.7 Å². The molecule has 0 heterocycles. The van der Waals surface area contributed by atoms with Crippen molar-refractivity contribution in [3.05, 3.63) is 29.8 Å². The zero-order valence-electron chi connectivity index (χ0n) is 32.9. The Morgan fingerprint density at radius 2 is 1.05 bits per heavy atom. The lowest BCUT2D eigenvalue weighted by Crippen LogP contribution is -2.41. The summed E-state index contributed by atoms with van der Waals surface area (Å²) in [6.07, 6.45) is 9.90. The number of hydrogen-bond donors (Lipinski definition) is 6. The number of rotatable bonds is 37. The molecule has 1 atom stereocenters. The van der Waals surface area contributed by atoms with Gasteiger partial charge in [0.2, 0.25) is 23.6 Å². The summed E-state index contributed by atoms with van der Waals surface area (Å²) >= 11 is 0. The van der Waals surface area contributed by atoms with Crippen LogP contribution < -0.4 is 26.0 Å². The smallest absolute Gasteiger partial charge is 0.335 e. The molecule has 0 radical (unpaired) electrons. The summed E-state index contributed by atoms with van der Waals surface area (Å²) in [5.41, 5.74) is 0.232. The van der Waals surface area contributed by atoms with E-state index in [1.54, 1.807) is 12.1 Å². The average molecular weight is 797 g/mol. The number of carbonyl (C=O) groups excluding carboxylic acids is 4. The third-order valence-corrected chi connectivity index (χ3v) is 8.13. The first kappa shape index (κ1) is 49.7. The van der Waals surface area contributed by atoms with Gasteiger partial charge in [0.25, 0.3) is 0 Å². The number of carboxylic acid groups (broad SMARTS) is 2. The van der Waals surface area contributed by atoms with Crippen LogP contribution in [0.5, 0.6) is 5.75 Å². The minimum absolute atomic E-state index is 0.0166. The predicted molar refractivity (Wildman–Crippen MR) is 206 cm³/mol. The van der Waals surface area contributed by atoms with Gasteiger partial charge in [-0.2, -0.15) is 0 Å². The van der Waals surface area contributed by atoms with Crippen LogP contribution in [0.15, 0.2) is 24.3 Å². The topological polar surface area (TPSA) is 237 Å². The number of carbonyl (C=O) groups is 6. The Balaban J connectivity index is 1.94. The van der Waals surface area contributed by atoms with E-state index in [1.165, 1.54) is 12.1 Å². The number of hydrogen-bond acceptors (Lipinski definition) is 11. The third-order valence-electron chi connectivity index (χ3n) is 8.13. The molecule has 1 aromatic carbocycles. The number of amides is 4. The summed E-state index contributed by atoms with van der Waals surface area (Å²) in [5.74, 6) is -2.66. The summed E-state index contributed by atoms with van der Waals surface area (Å²) in [5, 5.41) is 29.0. The second kappa shape index (κ2) is 34.0. The van der Waals surface area contributed by atoms with Crippen LogP contribution in [0.25, 0.3) is 0 Å². The first-order valence-electron chi connectivity index (χ1n) is 19.7. The first-order chi connectivity index (χ1) is 27.1. The predicted octanol–water partition coefficient (Wildman–Crippen LogP) is 2.84. The van der Waals surface area contributed by atoms with Gasteiger partial charge in [0.1, 0.15) is 25.0 Å². The standard InChI is InChI=1S/C39H64N4O13/c1-2-19-40-36(46)29-54-27-26-53-24-21-42-37(47)30-55-28-25-52-23-20-41-34(44)18-17-33(39(50)51)43-35(45)12-10-8-6-4-3-5-7-9-11-22-56-32-15-13-31(14-16-32)38(48)49/h13-16,33H,2-12,17-30H2,1H3,(H,40,46)(H,41,44)(H,42,47)(H,43,45)(H,48,49)(H,50,51)/t33-/m0/s1. The molecule has 6 N–H and O–H groups in total. The molecule has 4 amide bonds. The largest absolute Gasteiger partial charge is 0.494 e. The molecule has 1 aromatic rings. The Bertz CT molecular complexity index is 1250. The van der Waals surface area contributed by atoms with E-state index in [2.05, 4.69) is 21.3 Å². The second-order valence-electron chi connectivity index (χ2n) is 13.0. The van der Waals surface area contributed by atoms with Gasteiger partial charge in [-0.3, -0.25) is 19.2 Å². The Labute approximate surface area is 330 Å². The van der Waals surface area contributed by atoms with E-state index in [-0.39, 0.29) is 94.6 Å². The highest BCUT2D eigenvalue weighted by Gasteiger charge is 2.20. The maximum atomic E-state index is 12.3. The van der Waals surface area contributed by atoms with Crippen LogP contribution in [0.4, 0.5) is 0 Å². The van der Waals surface area contributed by atoms with Crippen molar-refractivity contribution in [2.24, 2.45) is 0 Å². The van der Waals surface area contributed by atoms with Gasteiger partial charge in [0.15, 0.2) is 0 Å². The molecule has 0 aliphatic rings. The van der Waals surface area contributed by atoms with Crippen molar-refractivity contribution in [1.82, 2.24) is 21.3 Å². The molecule has 1 rings (SSSR count). The molecule has 17 nitrogen and oxygen atoms in total. The summed E-state index contributed by atoms with van der Waals surface area (Å²) in [6.45, 7) is 4.98. The summed E-state index contributed by atoms with van der Waals surface area (Å²) in [4.78, 5) is 70.2. The van der Waals surface area contributed by atoms with E-state index in [0.717, 1.165) is 57.8 Å². The van der Waals surface area contributed by atoms with Gasteiger partial charge in [0, 0.05) is 32.5 Å². The number of nitrogens with one attached hydrogen (secondary N) is 4. The Morgan fingerprint density at radius 1 is 0.554 bits per heavy atom. The summed E-state index contributed by atoms with van der Waals surface area (Å²) in [7, 11) is 0. The van der Waals surface area contributed by atoms with Gasteiger partial charge < -0.3 is 55.2 Å². The van der Waals surface area contributed by atoms with Crippen molar-refractivity contribution >= 4 is 35.6 Å². The van der Waals surface area contributed by atoms with Gasteiger partial charge in [-0.25, -0.2) is 9.59 Å². The van der Waals surface area contributed by atoms with Gasteiger partial charge >= 0.3 is 11.9 Å². The van der Waals surface area contributed by atoms with E-state index < -0.39 is 18.0 Å². The Morgan fingerprint density at radius 3 is 1.59 bits per heavy atom. The van der Waals surface area contributed by atoms with Gasteiger partial charge in [-0.05, 0) is 49.9 Å². The van der Waals surface area contributed by atoms with E-state index in [4.69, 9.17) is 28.8 Å². The normalized spacial score (nSPS) is 11.4.